The molecule has 2 heterocycles. The van der Waals surface area contributed by atoms with E-state index in [0.717, 1.165) is 12.1 Å². The van der Waals surface area contributed by atoms with Gasteiger partial charge < -0.3 is 4.57 Å². The summed E-state index contributed by atoms with van der Waals surface area (Å²) in [6.07, 6.45) is -2.82. The summed E-state index contributed by atoms with van der Waals surface area (Å²) in [4.78, 5) is 13.4. The third-order valence-corrected chi connectivity index (χ3v) is 4.49. The van der Waals surface area contributed by atoms with Crippen LogP contribution in [0, 0.1) is 12.7 Å². The van der Waals surface area contributed by atoms with Gasteiger partial charge in [-0.05, 0) is 36.8 Å². The Balaban J connectivity index is 1.76. The number of benzene rings is 2. The molecule has 0 bridgehead atoms. The number of aryl methyl sites for hydroxylation is 1. The Bertz CT molecular complexity index is 1230. The molecular weight excluding hydrogens is 378 g/mol. The summed E-state index contributed by atoms with van der Waals surface area (Å²) < 4.78 is 60.0. The number of aromatic nitrogens is 3. The third-order valence-electron chi connectivity index (χ3n) is 4.49. The van der Waals surface area contributed by atoms with Crippen LogP contribution in [0.1, 0.15) is 16.7 Å². The summed E-state index contributed by atoms with van der Waals surface area (Å²) in [6, 6.07) is 8.32. The lowest BCUT2D eigenvalue weighted by Gasteiger charge is -2.12. The van der Waals surface area contributed by atoms with E-state index < -0.39 is 23.3 Å². The molecule has 0 saturated heterocycles. The molecule has 2 aromatic heterocycles. The van der Waals surface area contributed by atoms with E-state index in [2.05, 4.69) is 14.7 Å². The Kier molecular flexibility index (Phi) is 4.10. The number of halogens is 4. The molecule has 0 fully saturated rings. The Morgan fingerprint density at radius 3 is 2.68 bits per heavy atom. The summed E-state index contributed by atoms with van der Waals surface area (Å²) in [7, 11) is 0. The van der Waals surface area contributed by atoms with Gasteiger partial charge in [0.2, 0.25) is 0 Å². The molecule has 0 saturated carbocycles. The van der Waals surface area contributed by atoms with Crippen molar-refractivity contribution in [1.29, 1.82) is 0 Å². The summed E-state index contributed by atoms with van der Waals surface area (Å²) in [5.74, 6) is -1.43. The molecule has 0 aliphatic rings. The molecule has 5 nitrogen and oxygen atoms in total. The van der Waals surface area contributed by atoms with Gasteiger partial charge in [0, 0.05) is 17.1 Å². The third kappa shape index (κ3) is 3.08. The van der Waals surface area contributed by atoms with Crippen LogP contribution in [0.4, 0.5) is 17.6 Å². The first-order valence-corrected chi connectivity index (χ1v) is 8.24. The Hall–Kier alpha value is -3.36. The highest BCUT2D eigenvalue weighted by atomic mass is 19.4. The molecule has 0 amide bonds. The Labute approximate surface area is 155 Å². The van der Waals surface area contributed by atoms with Gasteiger partial charge in [0.25, 0.3) is 0 Å². The molecule has 0 spiro atoms. The number of hydrogen-bond acceptors (Lipinski definition) is 3. The zero-order valence-electron chi connectivity index (χ0n) is 14.5. The van der Waals surface area contributed by atoms with Gasteiger partial charge in [-0.2, -0.15) is 13.2 Å². The highest BCUT2D eigenvalue weighted by Crippen LogP contribution is 2.34. The van der Waals surface area contributed by atoms with Gasteiger partial charge in [-0.1, -0.05) is 17.3 Å². The number of hydrogen-bond donors (Lipinski definition) is 1. The van der Waals surface area contributed by atoms with Crippen LogP contribution in [-0.4, -0.2) is 14.7 Å². The fourth-order valence-corrected chi connectivity index (χ4v) is 3.28. The predicted octanol–water partition coefficient (Wildman–Crippen LogP) is 4.50. The van der Waals surface area contributed by atoms with E-state index in [0.29, 0.717) is 16.5 Å². The second-order valence-electron chi connectivity index (χ2n) is 6.39. The zero-order valence-corrected chi connectivity index (χ0v) is 14.5. The molecule has 1 N–H and O–H groups in total. The number of aromatic amines is 1. The number of fused-ring (bicyclic) bond motifs is 1. The van der Waals surface area contributed by atoms with Crippen molar-refractivity contribution in [3.05, 3.63) is 75.7 Å². The molecule has 0 unspecified atom stereocenters. The summed E-state index contributed by atoms with van der Waals surface area (Å²) >= 11 is 0. The second kappa shape index (κ2) is 6.36. The average molecular weight is 391 g/mol. The van der Waals surface area contributed by atoms with Crippen LogP contribution in [-0.2, 0) is 12.7 Å². The molecule has 0 aliphatic carbocycles. The van der Waals surface area contributed by atoms with Gasteiger partial charge in [-0.15, -0.1) is 0 Å². The van der Waals surface area contributed by atoms with Crippen LogP contribution in [0.15, 0.2) is 51.9 Å². The molecule has 0 atom stereocenters. The van der Waals surface area contributed by atoms with Crippen molar-refractivity contribution in [2.75, 3.05) is 0 Å². The number of H-pyrrole nitrogens is 1. The Morgan fingerprint density at radius 1 is 1.21 bits per heavy atom. The maximum Gasteiger partial charge on any atom is 0.439 e. The van der Waals surface area contributed by atoms with Crippen LogP contribution < -0.4 is 5.76 Å². The summed E-state index contributed by atoms with van der Waals surface area (Å²) in [5.41, 5.74) is 0.660. The monoisotopic (exact) mass is 391 g/mol. The standard InChI is InChI=1S/C19H13F4N3O2/c1-10-7-13(19(21,22)23)8-11-5-6-26(16(10)11)9-12-3-2-4-14(15(12)20)17-24-18(27)28-25-17/h2-8H,9H2,1H3,(H,24,25,27). The van der Waals surface area contributed by atoms with Crippen molar-refractivity contribution < 1.29 is 22.1 Å². The van der Waals surface area contributed by atoms with Crippen LogP contribution in [0.3, 0.4) is 0 Å². The highest BCUT2D eigenvalue weighted by molar-refractivity contribution is 5.84. The lowest BCUT2D eigenvalue weighted by Crippen LogP contribution is -2.07. The van der Waals surface area contributed by atoms with E-state index in [1.54, 1.807) is 35.9 Å². The van der Waals surface area contributed by atoms with Crippen LogP contribution >= 0.6 is 0 Å². The SMILES string of the molecule is Cc1cc(C(F)(F)F)cc2ccn(Cc3cccc(-c4noc(=O)[nH]4)c3F)c12. The smallest absolute Gasteiger partial charge is 0.343 e. The van der Waals surface area contributed by atoms with Gasteiger partial charge in [0.05, 0.1) is 23.2 Å². The molecule has 2 aromatic carbocycles. The molecule has 9 heteroatoms. The van der Waals surface area contributed by atoms with Crippen molar-refractivity contribution in [2.24, 2.45) is 0 Å². The molecule has 144 valence electrons. The van der Waals surface area contributed by atoms with E-state index in [4.69, 9.17) is 0 Å². The fourth-order valence-electron chi connectivity index (χ4n) is 3.28. The Morgan fingerprint density at radius 2 is 2.00 bits per heavy atom. The van der Waals surface area contributed by atoms with E-state index in [-0.39, 0.29) is 23.5 Å². The molecule has 0 radical (unpaired) electrons. The zero-order chi connectivity index (χ0) is 20.1. The topological polar surface area (TPSA) is 63.8 Å². The number of rotatable bonds is 3. The first kappa shape index (κ1) is 18.0. The number of alkyl halides is 3. The van der Waals surface area contributed by atoms with E-state index in [9.17, 15) is 22.4 Å². The van der Waals surface area contributed by atoms with Crippen molar-refractivity contribution in [3.8, 4) is 11.4 Å². The van der Waals surface area contributed by atoms with Gasteiger partial charge in [-0.25, -0.2) is 9.18 Å². The van der Waals surface area contributed by atoms with Crippen LogP contribution in [0.2, 0.25) is 0 Å². The lowest BCUT2D eigenvalue weighted by atomic mass is 10.1. The summed E-state index contributed by atoms with van der Waals surface area (Å²) in [5, 5.41) is 3.91. The number of nitrogens with one attached hydrogen (secondary N) is 1. The fraction of sp³-hybridized carbons (Fsp3) is 0.158. The van der Waals surface area contributed by atoms with Crippen molar-refractivity contribution >= 4 is 10.9 Å². The first-order valence-electron chi connectivity index (χ1n) is 8.24. The van der Waals surface area contributed by atoms with E-state index in [1.165, 1.54) is 6.07 Å². The largest absolute Gasteiger partial charge is 0.439 e. The molecule has 28 heavy (non-hydrogen) atoms. The van der Waals surface area contributed by atoms with Crippen molar-refractivity contribution in [3.63, 3.8) is 0 Å². The van der Waals surface area contributed by atoms with E-state index in [1.807, 2.05) is 0 Å². The van der Waals surface area contributed by atoms with Gasteiger partial charge in [0.1, 0.15) is 5.82 Å². The molecule has 4 aromatic rings. The molecule has 0 aliphatic heterocycles. The predicted molar refractivity (Wildman–Crippen MR) is 93.3 cm³/mol. The van der Waals surface area contributed by atoms with Crippen LogP contribution in [0.25, 0.3) is 22.3 Å². The second-order valence-corrected chi connectivity index (χ2v) is 6.39. The quantitative estimate of drug-likeness (QED) is 0.523. The maximum absolute atomic E-state index is 14.9. The van der Waals surface area contributed by atoms with Gasteiger partial charge in [-0.3, -0.25) is 9.51 Å². The summed E-state index contributed by atoms with van der Waals surface area (Å²) in [6.45, 7) is 1.68. The first-order chi connectivity index (χ1) is 13.2. The minimum Gasteiger partial charge on any atom is -0.343 e. The van der Waals surface area contributed by atoms with E-state index >= 15 is 0 Å². The highest BCUT2D eigenvalue weighted by Gasteiger charge is 2.31. The molecule has 4 rings (SSSR count). The number of nitrogens with zero attached hydrogens (tertiary/aromatic N) is 2. The van der Waals surface area contributed by atoms with Crippen molar-refractivity contribution in [1.82, 2.24) is 14.7 Å². The van der Waals surface area contributed by atoms with Crippen LogP contribution in [0.5, 0.6) is 0 Å². The maximum atomic E-state index is 14.9. The van der Waals surface area contributed by atoms with Gasteiger partial charge >= 0.3 is 11.9 Å². The minimum absolute atomic E-state index is 0.0345. The average Bonchev–Trinajstić information content (AvgIpc) is 3.23. The lowest BCUT2D eigenvalue weighted by molar-refractivity contribution is -0.137. The molecular formula is C19H13F4N3O2. The normalized spacial score (nSPS) is 12.0. The van der Waals surface area contributed by atoms with Gasteiger partial charge in [0.15, 0.2) is 5.82 Å². The van der Waals surface area contributed by atoms with Crippen molar-refractivity contribution in [2.45, 2.75) is 19.6 Å². The minimum atomic E-state index is -4.43.